The number of H-pyrrole nitrogens is 2. The molecule has 2 aliphatic rings. The molecule has 0 saturated carbocycles. The summed E-state index contributed by atoms with van der Waals surface area (Å²) in [6, 6.07) is 7.61. The Kier molecular flexibility index (Phi) is 87.4. The molecule has 1 amide bonds. The van der Waals surface area contributed by atoms with Crippen molar-refractivity contribution in [1.82, 2.24) is 51.8 Å². The van der Waals surface area contributed by atoms with Crippen LogP contribution < -0.4 is 31.9 Å². The molecule has 0 spiro atoms. The number of likely N-dealkylation sites (tertiary alicyclic amines) is 1. The molecule has 2 unspecified atom stereocenters. The minimum Gasteiger partial charge on any atom is -0.468 e. The summed E-state index contributed by atoms with van der Waals surface area (Å²) in [6.07, 6.45) is 21.2. The second-order valence-corrected chi connectivity index (χ2v) is 25.6. The first-order chi connectivity index (χ1) is 51.8. The van der Waals surface area contributed by atoms with E-state index in [-0.39, 0.29) is 65.6 Å². The number of aromatic nitrogens is 3. The Hall–Kier alpha value is -6.33. The molecule has 0 bridgehead atoms. The lowest BCUT2D eigenvalue weighted by Crippen LogP contribution is -2.29. The van der Waals surface area contributed by atoms with Gasteiger partial charge in [0.15, 0.2) is 0 Å². The number of ether oxygens (including phenoxy) is 9. The molecule has 0 aromatic carbocycles. The second-order valence-electron chi connectivity index (χ2n) is 25.6. The van der Waals surface area contributed by atoms with E-state index in [9.17, 15) is 47.9 Å². The van der Waals surface area contributed by atoms with Gasteiger partial charge in [0.1, 0.15) is 57.8 Å². The zero-order chi connectivity index (χ0) is 81.3. The van der Waals surface area contributed by atoms with Crippen molar-refractivity contribution in [3.63, 3.8) is 0 Å². The van der Waals surface area contributed by atoms with Crippen LogP contribution in [0.1, 0.15) is 184 Å². The number of amides is 1. The average Bonchev–Trinajstić information content (AvgIpc) is 1.81. The molecule has 30 nitrogen and oxygen atoms in total. The number of furan rings is 1. The molecule has 0 radical (unpaired) electrons. The van der Waals surface area contributed by atoms with E-state index in [2.05, 4.69) is 46.9 Å². The van der Waals surface area contributed by atoms with E-state index in [1.807, 2.05) is 42.3 Å². The van der Waals surface area contributed by atoms with Crippen LogP contribution in [0.15, 0.2) is 53.7 Å². The van der Waals surface area contributed by atoms with E-state index in [4.69, 9.17) is 47.0 Å². The lowest BCUT2D eigenvalue weighted by Gasteiger charge is -2.14. The fourth-order valence-electron chi connectivity index (χ4n) is 8.57. The molecular weight excluding hydrogens is 1410 g/mol. The molecule has 0 aliphatic carbocycles. The van der Waals surface area contributed by atoms with Gasteiger partial charge in [0, 0.05) is 150 Å². The van der Waals surface area contributed by atoms with Crippen molar-refractivity contribution >= 4 is 58.0 Å². The van der Waals surface area contributed by atoms with E-state index in [0.29, 0.717) is 143 Å². The number of nitrogens with zero attached hydrogens (tertiary/aromatic N) is 2. The van der Waals surface area contributed by atoms with Crippen LogP contribution in [0.25, 0.3) is 0 Å². The van der Waals surface area contributed by atoms with Crippen molar-refractivity contribution in [2.75, 3.05) is 186 Å². The summed E-state index contributed by atoms with van der Waals surface area (Å²) >= 11 is 0. The van der Waals surface area contributed by atoms with Crippen LogP contribution in [0.4, 0.5) is 0 Å². The monoisotopic (exact) mass is 1560 g/mol. The number of methoxy groups -OCH3 is 4. The molecule has 109 heavy (non-hydrogen) atoms. The van der Waals surface area contributed by atoms with E-state index in [1.54, 1.807) is 110 Å². The molecule has 5 rings (SSSR count). The smallest absolute Gasteiger partial charge is 0.222 e. The number of unbranched alkanes of at least 4 members (excludes halogenated alkanes) is 4. The maximum absolute atomic E-state index is 11.2. The van der Waals surface area contributed by atoms with Gasteiger partial charge in [-0.3, -0.25) is 33.6 Å². The van der Waals surface area contributed by atoms with Gasteiger partial charge in [0.2, 0.25) is 5.91 Å². The number of aromatic amines is 2. The van der Waals surface area contributed by atoms with Crippen LogP contribution in [0, 0.1) is 0 Å². The predicted octanol–water partition coefficient (Wildman–Crippen LogP) is 7.38. The third kappa shape index (κ3) is 95.8. The van der Waals surface area contributed by atoms with Gasteiger partial charge in [-0.2, -0.15) is 0 Å². The van der Waals surface area contributed by atoms with E-state index in [0.717, 1.165) is 153 Å². The first-order valence-electron chi connectivity index (χ1n) is 37.8. The summed E-state index contributed by atoms with van der Waals surface area (Å²) in [5.41, 5.74) is 2.19. The number of carbonyl (C=O) groups excluding carboxylic acids is 10. The van der Waals surface area contributed by atoms with Crippen molar-refractivity contribution in [2.45, 2.75) is 198 Å². The summed E-state index contributed by atoms with van der Waals surface area (Å²) in [4.78, 5) is 118. The zero-order valence-corrected chi connectivity index (χ0v) is 68.3. The topological polar surface area (TPSA) is 387 Å². The molecule has 2 fully saturated rings. The summed E-state index contributed by atoms with van der Waals surface area (Å²) in [7, 11) is 6.60. The number of rotatable bonds is 55. The minimum absolute atomic E-state index is 0. The highest BCUT2D eigenvalue weighted by atomic mass is 16.5. The second kappa shape index (κ2) is 85.7. The number of hydrogen-bond donors (Lipinski definition) is 8. The third-order valence-corrected chi connectivity index (χ3v) is 14.3. The van der Waals surface area contributed by atoms with Crippen molar-refractivity contribution in [3.05, 3.63) is 66.4 Å². The fourth-order valence-corrected chi connectivity index (χ4v) is 8.57. The Labute approximate surface area is 653 Å². The quantitative estimate of drug-likeness (QED) is 0.0255. The van der Waals surface area contributed by atoms with Crippen LogP contribution in [0.5, 0.6) is 0 Å². The van der Waals surface area contributed by atoms with Crippen molar-refractivity contribution in [3.8, 4) is 0 Å². The van der Waals surface area contributed by atoms with Gasteiger partial charge in [-0.1, -0.05) is 13.8 Å². The van der Waals surface area contributed by atoms with E-state index >= 15 is 0 Å². The molecular formula is C79H146N10O20. The van der Waals surface area contributed by atoms with Crippen molar-refractivity contribution in [2.24, 2.45) is 0 Å². The number of carbonyl (C=O) groups is 10. The number of imidazole rings is 1. The van der Waals surface area contributed by atoms with Gasteiger partial charge in [0.05, 0.1) is 130 Å². The Morgan fingerprint density at radius 3 is 1.48 bits per heavy atom. The third-order valence-electron chi connectivity index (χ3n) is 14.3. The Morgan fingerprint density at radius 2 is 1.02 bits per heavy atom. The highest BCUT2D eigenvalue weighted by molar-refractivity contribution is 5.80. The first-order valence-corrected chi connectivity index (χ1v) is 37.8. The molecule has 2 saturated heterocycles. The first kappa shape index (κ1) is 111. The van der Waals surface area contributed by atoms with E-state index in [1.165, 1.54) is 0 Å². The molecule has 2 aliphatic heterocycles. The number of nitrogens with one attached hydrogen (secondary N) is 8. The Balaban J connectivity index is -0.000000373. The lowest BCUT2D eigenvalue weighted by molar-refractivity contribution is -0.128. The highest BCUT2D eigenvalue weighted by Gasteiger charge is 2.19. The standard InChI is InChI=1S/C11H19NO2.C10H21NO4.C10H20O3.C9H18O3.C8H13N3O.C8H12N2O.C8H15NO2.C8H11NO2.C6H13NO2.CH4/c1-10(13)6-3-2-4-8-12-9-5-7-11(12)14;1-10(12)9-11-3-4-14-7-8-15-6-5-13-2;1-9(11)6-4-5-7-13-8-10(2)12-3;1-9(10)5-3-4-6-12-8-7-11-2;1-7(12)4-9-3-2-8-5-10-6-11-8;1-7(11)5-9-6-8-3-2-4-10-8;2*1-7(10)5-9-6-8-3-2-4-11-8;1-6(8)5-7-3-4-9-2;/h2-9H2,1H3;11H,3-9H2,1-2H3;10H,4-8H2,1-3H3;3-8H2,1-2H3;5-6,9H,2-4H2,1H3,(H,10,11);2-4,9-10H,5-6H2,1H3;8-9H,2-6H2,1H3;2-4,9H,5-6H2,1H3;7H,3-5H2,1-2H3;1H4. The summed E-state index contributed by atoms with van der Waals surface area (Å²) in [6.45, 7) is 33.0. The van der Waals surface area contributed by atoms with Crippen LogP contribution in [-0.4, -0.2) is 276 Å². The Morgan fingerprint density at radius 1 is 0.523 bits per heavy atom. The van der Waals surface area contributed by atoms with Crippen LogP contribution >= 0.6 is 0 Å². The number of ketones is 9. The largest absolute Gasteiger partial charge is 0.468 e. The number of Topliss-reactive ketones (excluding diaryl/α,β-unsaturated/α-hetero) is 9. The SMILES string of the molecule is C.CC(=O)CCCCCN1CCCC1=O.CC(=O)CNCC1CCCO1.CC(=O)CNCCc1cnc[nH]1.CC(=O)CNCc1ccc[nH]1.CC(=O)CNCc1ccco1.COC(C)COCCCCC(C)=O.COCCNCC(C)=O.COCCOCCCCC(C)=O.COCCOCCOCCNCC(C)=O. The zero-order valence-electron chi connectivity index (χ0n) is 68.3. The average molecular weight is 1560 g/mol. The van der Waals surface area contributed by atoms with E-state index < -0.39 is 0 Å². The highest BCUT2D eigenvalue weighted by Crippen LogP contribution is 2.12. The lowest BCUT2D eigenvalue weighted by atomic mass is 10.1. The maximum Gasteiger partial charge on any atom is 0.222 e. The van der Waals surface area contributed by atoms with Gasteiger partial charge in [-0.05, 0) is 151 Å². The normalized spacial score (nSPS) is 12.5. The summed E-state index contributed by atoms with van der Waals surface area (Å²) in [5, 5.41) is 17.9. The minimum atomic E-state index is 0. The number of hydrogen-bond acceptors (Lipinski definition) is 27. The van der Waals surface area contributed by atoms with Gasteiger partial charge >= 0.3 is 0 Å². The molecule has 3 aromatic heterocycles. The summed E-state index contributed by atoms with van der Waals surface area (Å²) < 4.78 is 50.8. The van der Waals surface area contributed by atoms with Crippen molar-refractivity contribution < 1.29 is 95.0 Å². The van der Waals surface area contributed by atoms with Crippen LogP contribution in [-0.2, 0) is 110 Å². The summed E-state index contributed by atoms with van der Waals surface area (Å²) in [5.74, 6) is 2.88. The van der Waals surface area contributed by atoms with Gasteiger partial charge in [-0.15, -0.1) is 0 Å². The maximum atomic E-state index is 11.2. The van der Waals surface area contributed by atoms with Crippen LogP contribution in [0.2, 0.25) is 0 Å². The molecule has 30 heteroatoms. The predicted molar refractivity (Wildman–Crippen MR) is 426 cm³/mol. The Bertz CT molecular complexity index is 2530. The molecule has 2 atom stereocenters. The van der Waals surface area contributed by atoms with Gasteiger partial charge < -0.3 is 108 Å². The van der Waals surface area contributed by atoms with Crippen molar-refractivity contribution in [1.29, 1.82) is 0 Å². The van der Waals surface area contributed by atoms with Crippen LogP contribution in [0.3, 0.4) is 0 Å². The molecule has 632 valence electrons. The fraction of sp³-hybridized carbons (Fsp3) is 0.734. The molecule has 3 aromatic rings. The molecule has 5 heterocycles. The van der Waals surface area contributed by atoms with Gasteiger partial charge in [-0.25, -0.2) is 4.98 Å². The molecule has 8 N–H and O–H groups in total. The van der Waals surface area contributed by atoms with Gasteiger partial charge in [0.25, 0.3) is 0 Å².